The molecule has 5 heteroatoms. The highest BCUT2D eigenvalue weighted by atomic mass is 16.2. The van der Waals surface area contributed by atoms with E-state index < -0.39 is 0 Å². The Morgan fingerprint density at radius 2 is 1.81 bits per heavy atom. The van der Waals surface area contributed by atoms with Crippen LogP contribution in [0, 0.1) is 5.92 Å². The van der Waals surface area contributed by atoms with Gasteiger partial charge in [-0.25, -0.2) is 0 Å². The Hall–Kier alpha value is -2.30. The third kappa shape index (κ3) is 3.62. The second-order valence-electron chi connectivity index (χ2n) is 7.68. The molecule has 0 unspecified atom stereocenters. The average molecular weight is 353 g/mol. The molecule has 0 bridgehead atoms. The van der Waals surface area contributed by atoms with E-state index in [1.54, 1.807) is 0 Å². The Kier molecular flexibility index (Phi) is 4.96. The van der Waals surface area contributed by atoms with E-state index in [1.807, 2.05) is 35.4 Å². The van der Waals surface area contributed by atoms with Crippen LogP contribution in [0.4, 0.5) is 0 Å². The van der Waals surface area contributed by atoms with E-state index in [0.29, 0.717) is 25.6 Å². The molecule has 5 nitrogen and oxygen atoms in total. The Morgan fingerprint density at radius 3 is 2.58 bits per heavy atom. The van der Waals surface area contributed by atoms with Crippen LogP contribution in [0.3, 0.4) is 0 Å². The number of nitrogens with zero attached hydrogens (tertiary/aromatic N) is 1. The number of para-hydroxylation sites is 1. The second-order valence-corrected chi connectivity index (χ2v) is 7.68. The Bertz CT molecular complexity index is 783. The summed E-state index contributed by atoms with van der Waals surface area (Å²) in [5, 5.41) is 4.32. The summed E-state index contributed by atoms with van der Waals surface area (Å²) < 4.78 is 0. The van der Waals surface area contributed by atoms with Crippen molar-refractivity contribution >= 4 is 22.7 Å². The van der Waals surface area contributed by atoms with Crippen LogP contribution in [0.2, 0.25) is 0 Å². The molecule has 2 amide bonds. The van der Waals surface area contributed by atoms with Gasteiger partial charge in [0.05, 0.1) is 6.42 Å². The first-order valence-corrected chi connectivity index (χ1v) is 9.84. The number of benzene rings is 1. The van der Waals surface area contributed by atoms with Gasteiger partial charge in [-0.1, -0.05) is 31.0 Å². The third-order valence-corrected chi connectivity index (χ3v) is 5.94. The van der Waals surface area contributed by atoms with Crippen LogP contribution < -0.4 is 5.32 Å². The number of fused-ring (bicyclic) bond motifs is 1. The number of hydrogen-bond acceptors (Lipinski definition) is 2. The van der Waals surface area contributed by atoms with Crippen molar-refractivity contribution in [1.82, 2.24) is 15.2 Å². The highest BCUT2D eigenvalue weighted by Crippen LogP contribution is 2.23. The van der Waals surface area contributed by atoms with Crippen LogP contribution in [0.5, 0.6) is 0 Å². The molecular formula is C21H27N3O2. The normalized spacial score (nSPS) is 19.2. The summed E-state index contributed by atoms with van der Waals surface area (Å²) in [6, 6.07) is 8.44. The van der Waals surface area contributed by atoms with E-state index in [0.717, 1.165) is 42.1 Å². The molecule has 1 aliphatic heterocycles. The number of likely N-dealkylation sites (tertiary alicyclic amines) is 1. The van der Waals surface area contributed by atoms with Gasteiger partial charge in [-0.05, 0) is 37.3 Å². The van der Waals surface area contributed by atoms with Crippen LogP contribution in [-0.2, 0) is 16.0 Å². The monoisotopic (exact) mass is 353 g/mol. The second kappa shape index (κ2) is 7.52. The van der Waals surface area contributed by atoms with E-state index >= 15 is 0 Å². The van der Waals surface area contributed by atoms with Crippen LogP contribution in [-0.4, -0.2) is 40.8 Å². The predicted octanol–water partition coefficient (Wildman–Crippen LogP) is 3.01. The topological polar surface area (TPSA) is 65.2 Å². The summed E-state index contributed by atoms with van der Waals surface area (Å²) in [5.41, 5.74) is 2.12. The lowest BCUT2D eigenvalue weighted by atomic mass is 9.95. The van der Waals surface area contributed by atoms with Crippen molar-refractivity contribution in [2.24, 2.45) is 5.92 Å². The molecule has 1 saturated carbocycles. The number of H-pyrrole nitrogens is 1. The Labute approximate surface area is 154 Å². The molecular weight excluding hydrogens is 326 g/mol. The largest absolute Gasteiger partial charge is 0.361 e. The molecule has 1 aromatic carbocycles. The minimum absolute atomic E-state index is 0.0627. The first-order chi connectivity index (χ1) is 12.7. The molecule has 26 heavy (non-hydrogen) atoms. The minimum atomic E-state index is 0.0627. The Morgan fingerprint density at radius 1 is 1.08 bits per heavy atom. The summed E-state index contributed by atoms with van der Waals surface area (Å²) in [6.07, 6.45) is 8.60. The van der Waals surface area contributed by atoms with E-state index in [4.69, 9.17) is 0 Å². The maximum Gasteiger partial charge on any atom is 0.227 e. The summed E-state index contributed by atoms with van der Waals surface area (Å²) in [7, 11) is 0. The first-order valence-electron chi connectivity index (χ1n) is 9.84. The van der Waals surface area contributed by atoms with E-state index in [-0.39, 0.29) is 17.7 Å². The Balaban J connectivity index is 1.30. The number of aromatic nitrogens is 1. The smallest absolute Gasteiger partial charge is 0.227 e. The third-order valence-electron chi connectivity index (χ3n) is 5.94. The van der Waals surface area contributed by atoms with Crippen LogP contribution >= 0.6 is 0 Å². The molecule has 2 heterocycles. The van der Waals surface area contributed by atoms with Crippen molar-refractivity contribution in [3.63, 3.8) is 0 Å². The van der Waals surface area contributed by atoms with Crippen molar-refractivity contribution in [3.05, 3.63) is 36.0 Å². The molecule has 138 valence electrons. The molecule has 2 aromatic rings. The zero-order chi connectivity index (χ0) is 17.9. The van der Waals surface area contributed by atoms with Gasteiger partial charge in [-0.15, -0.1) is 0 Å². The van der Waals surface area contributed by atoms with Crippen LogP contribution in [0.1, 0.15) is 44.1 Å². The minimum Gasteiger partial charge on any atom is -0.361 e. The molecule has 1 aromatic heterocycles. The molecule has 0 atom stereocenters. The number of rotatable bonds is 4. The lowest BCUT2D eigenvalue weighted by molar-refractivity contribution is -0.135. The van der Waals surface area contributed by atoms with Crippen LogP contribution in [0.25, 0.3) is 10.9 Å². The number of piperidine rings is 1. The van der Waals surface area contributed by atoms with Crippen LogP contribution in [0.15, 0.2) is 30.5 Å². The van der Waals surface area contributed by atoms with E-state index in [9.17, 15) is 9.59 Å². The zero-order valence-electron chi connectivity index (χ0n) is 15.2. The number of hydrogen-bond donors (Lipinski definition) is 2. The molecule has 0 spiro atoms. The molecule has 2 aliphatic rings. The lowest BCUT2D eigenvalue weighted by Gasteiger charge is -2.32. The molecule has 4 rings (SSSR count). The maximum atomic E-state index is 12.7. The van der Waals surface area contributed by atoms with Gasteiger partial charge in [-0.3, -0.25) is 9.59 Å². The van der Waals surface area contributed by atoms with Crippen molar-refractivity contribution in [1.29, 1.82) is 0 Å². The summed E-state index contributed by atoms with van der Waals surface area (Å²) in [5.74, 6) is 0.415. The number of amides is 2. The fourth-order valence-electron chi connectivity index (χ4n) is 4.33. The highest BCUT2D eigenvalue weighted by Gasteiger charge is 2.29. The van der Waals surface area contributed by atoms with Gasteiger partial charge in [0.1, 0.15) is 0 Å². The van der Waals surface area contributed by atoms with Crippen molar-refractivity contribution in [3.8, 4) is 0 Å². The first kappa shape index (κ1) is 17.1. The molecule has 1 aliphatic carbocycles. The fourth-order valence-corrected chi connectivity index (χ4v) is 4.33. The van der Waals surface area contributed by atoms with Gasteiger partial charge in [0.25, 0.3) is 0 Å². The molecule has 1 saturated heterocycles. The maximum absolute atomic E-state index is 12.7. The lowest BCUT2D eigenvalue weighted by Crippen LogP contribution is -2.45. The van der Waals surface area contributed by atoms with E-state index in [2.05, 4.69) is 10.3 Å². The van der Waals surface area contributed by atoms with E-state index in [1.165, 1.54) is 12.8 Å². The molecule has 2 fully saturated rings. The van der Waals surface area contributed by atoms with Crippen molar-refractivity contribution in [2.45, 2.75) is 51.0 Å². The van der Waals surface area contributed by atoms with Crippen molar-refractivity contribution < 1.29 is 9.59 Å². The average Bonchev–Trinajstić information content (AvgIpc) is 3.32. The number of carbonyl (C=O) groups is 2. The number of aromatic amines is 1. The SMILES string of the molecule is O=C(NC1CCCC1)C1CCN(C(=O)Cc2c[nH]c3ccccc23)CC1. The van der Waals surface area contributed by atoms with Gasteiger partial charge < -0.3 is 15.2 Å². The zero-order valence-corrected chi connectivity index (χ0v) is 15.2. The highest BCUT2D eigenvalue weighted by molar-refractivity contribution is 5.89. The number of nitrogens with one attached hydrogen (secondary N) is 2. The summed E-state index contributed by atoms with van der Waals surface area (Å²) >= 11 is 0. The van der Waals surface area contributed by atoms with Gasteiger partial charge in [0, 0.05) is 42.1 Å². The standard InChI is InChI=1S/C21H27N3O2/c25-20(13-16-14-22-19-8-4-3-7-18(16)19)24-11-9-15(10-12-24)21(26)23-17-5-1-2-6-17/h3-4,7-8,14-15,17,22H,1-2,5-6,9-13H2,(H,23,26). The van der Waals surface area contributed by atoms with Gasteiger partial charge in [-0.2, -0.15) is 0 Å². The van der Waals surface area contributed by atoms with Crippen molar-refractivity contribution in [2.75, 3.05) is 13.1 Å². The molecule has 0 radical (unpaired) electrons. The summed E-state index contributed by atoms with van der Waals surface area (Å²) in [4.78, 5) is 30.2. The van der Waals surface area contributed by atoms with Gasteiger partial charge >= 0.3 is 0 Å². The fraction of sp³-hybridized carbons (Fsp3) is 0.524. The van der Waals surface area contributed by atoms with Gasteiger partial charge in [0.2, 0.25) is 11.8 Å². The molecule has 2 N–H and O–H groups in total. The quantitative estimate of drug-likeness (QED) is 0.887. The summed E-state index contributed by atoms with van der Waals surface area (Å²) in [6.45, 7) is 1.37. The van der Waals surface area contributed by atoms with Gasteiger partial charge in [0.15, 0.2) is 0 Å². The predicted molar refractivity (Wildman–Crippen MR) is 102 cm³/mol. The number of carbonyl (C=O) groups excluding carboxylic acids is 2.